The van der Waals surface area contributed by atoms with Gasteiger partial charge in [0.05, 0.1) is 25.9 Å². The molecular formula is C22H29ClFN3O4. The van der Waals surface area contributed by atoms with Gasteiger partial charge in [0.15, 0.2) is 6.10 Å². The summed E-state index contributed by atoms with van der Waals surface area (Å²) in [6.07, 6.45) is 3.00. The third-order valence-corrected chi connectivity index (χ3v) is 6.53. The Morgan fingerprint density at radius 2 is 2.06 bits per heavy atom. The molecule has 31 heavy (non-hydrogen) atoms. The quantitative estimate of drug-likeness (QED) is 0.744. The molecule has 2 heterocycles. The Bertz CT molecular complexity index is 829. The normalized spacial score (nSPS) is 24.0. The second kappa shape index (κ2) is 9.71. The van der Waals surface area contributed by atoms with Crippen LogP contribution in [-0.4, -0.2) is 72.8 Å². The largest absolute Gasteiger partial charge is 0.376 e. The lowest BCUT2D eigenvalue weighted by atomic mass is 10.0. The number of amides is 3. The Morgan fingerprint density at radius 1 is 1.26 bits per heavy atom. The van der Waals surface area contributed by atoms with Crippen LogP contribution in [0.15, 0.2) is 12.1 Å². The van der Waals surface area contributed by atoms with Crippen LogP contribution in [0.3, 0.4) is 0 Å². The van der Waals surface area contributed by atoms with Crippen molar-refractivity contribution in [2.45, 2.75) is 57.3 Å². The zero-order valence-corrected chi connectivity index (χ0v) is 18.5. The highest BCUT2D eigenvalue weighted by atomic mass is 35.5. The maximum absolute atomic E-state index is 14.2. The van der Waals surface area contributed by atoms with Crippen LogP contribution in [0.25, 0.3) is 0 Å². The molecule has 7 nitrogen and oxygen atoms in total. The minimum atomic E-state index is -0.563. The lowest BCUT2D eigenvalue weighted by Gasteiger charge is -2.40. The third kappa shape index (κ3) is 5.30. The van der Waals surface area contributed by atoms with Gasteiger partial charge in [0.1, 0.15) is 5.82 Å². The molecule has 0 spiro atoms. The number of halogens is 2. The molecule has 170 valence electrons. The molecule has 1 N–H and O–H groups in total. The van der Waals surface area contributed by atoms with Crippen molar-refractivity contribution in [2.24, 2.45) is 0 Å². The van der Waals surface area contributed by atoms with Crippen molar-refractivity contribution in [3.05, 3.63) is 34.1 Å². The van der Waals surface area contributed by atoms with Crippen LogP contribution in [0.1, 0.15) is 36.8 Å². The summed E-state index contributed by atoms with van der Waals surface area (Å²) in [5, 5.41) is 3.24. The molecule has 3 fully saturated rings. The van der Waals surface area contributed by atoms with E-state index in [0.717, 1.165) is 31.2 Å². The van der Waals surface area contributed by atoms with Gasteiger partial charge in [-0.1, -0.05) is 11.6 Å². The average Bonchev–Trinajstić information content (AvgIpc) is 3.61. The first kappa shape index (κ1) is 22.3. The highest BCUT2D eigenvalue weighted by Crippen LogP contribution is 2.32. The van der Waals surface area contributed by atoms with Crippen LogP contribution in [0.4, 0.5) is 9.18 Å². The van der Waals surface area contributed by atoms with Crippen LogP contribution < -0.4 is 5.32 Å². The van der Waals surface area contributed by atoms with Crippen LogP contribution in [0.5, 0.6) is 0 Å². The predicted octanol–water partition coefficient (Wildman–Crippen LogP) is 2.87. The maximum atomic E-state index is 14.2. The van der Waals surface area contributed by atoms with Crippen molar-refractivity contribution >= 4 is 23.5 Å². The van der Waals surface area contributed by atoms with E-state index in [-0.39, 0.29) is 37.2 Å². The molecule has 9 heteroatoms. The second-order valence-corrected chi connectivity index (χ2v) is 8.91. The number of piperidine rings is 1. The van der Waals surface area contributed by atoms with Crippen molar-refractivity contribution < 1.29 is 23.5 Å². The molecule has 4 rings (SSSR count). The van der Waals surface area contributed by atoms with Crippen molar-refractivity contribution in [2.75, 3.05) is 32.9 Å². The zero-order chi connectivity index (χ0) is 22.0. The van der Waals surface area contributed by atoms with Crippen molar-refractivity contribution in [3.8, 4) is 0 Å². The molecule has 2 atom stereocenters. The molecular weight excluding hydrogens is 425 g/mol. The van der Waals surface area contributed by atoms with Crippen LogP contribution >= 0.6 is 11.6 Å². The number of ether oxygens (including phenoxy) is 2. The lowest BCUT2D eigenvalue weighted by molar-refractivity contribution is -0.159. The second-order valence-electron chi connectivity index (χ2n) is 8.50. The number of hydrogen-bond donors (Lipinski definition) is 1. The van der Waals surface area contributed by atoms with Gasteiger partial charge in [-0.15, -0.1) is 0 Å². The number of urea groups is 1. The molecule has 0 radical (unpaired) electrons. The lowest BCUT2D eigenvalue weighted by Crippen LogP contribution is -2.57. The van der Waals surface area contributed by atoms with Crippen LogP contribution in [0, 0.1) is 12.7 Å². The van der Waals surface area contributed by atoms with Crippen LogP contribution in [-0.2, 0) is 20.8 Å². The summed E-state index contributed by atoms with van der Waals surface area (Å²) in [4.78, 5) is 29.5. The number of hydrogen-bond acceptors (Lipinski definition) is 4. The molecule has 1 aromatic rings. The van der Waals surface area contributed by atoms with Gasteiger partial charge in [0.2, 0.25) is 0 Å². The van der Waals surface area contributed by atoms with Gasteiger partial charge in [-0.3, -0.25) is 4.79 Å². The fourth-order valence-electron chi connectivity index (χ4n) is 4.31. The van der Waals surface area contributed by atoms with E-state index in [1.807, 2.05) is 4.90 Å². The highest BCUT2D eigenvalue weighted by Gasteiger charge is 2.40. The van der Waals surface area contributed by atoms with E-state index in [1.54, 1.807) is 17.9 Å². The van der Waals surface area contributed by atoms with Gasteiger partial charge in [-0.05, 0) is 50.3 Å². The van der Waals surface area contributed by atoms with E-state index in [2.05, 4.69) is 5.32 Å². The van der Waals surface area contributed by atoms with Gasteiger partial charge in [-0.2, -0.15) is 0 Å². The zero-order valence-electron chi connectivity index (χ0n) is 17.7. The van der Waals surface area contributed by atoms with Crippen molar-refractivity contribution in [1.82, 2.24) is 15.1 Å². The monoisotopic (exact) mass is 453 g/mol. The van der Waals surface area contributed by atoms with Gasteiger partial charge >= 0.3 is 6.03 Å². The third-order valence-electron chi connectivity index (χ3n) is 6.13. The number of carbonyl (C=O) groups excluding carboxylic acids is 2. The molecule has 0 aromatic heterocycles. The molecule has 1 aliphatic carbocycles. The number of nitrogens with zero attached hydrogens (tertiary/aromatic N) is 2. The van der Waals surface area contributed by atoms with E-state index in [1.165, 1.54) is 6.07 Å². The summed E-state index contributed by atoms with van der Waals surface area (Å²) in [6.45, 7) is 4.24. The Hall–Kier alpha value is -1.90. The molecule has 1 aromatic carbocycles. The summed E-state index contributed by atoms with van der Waals surface area (Å²) >= 11 is 5.96. The van der Waals surface area contributed by atoms with Gasteiger partial charge in [0.25, 0.3) is 5.91 Å². The van der Waals surface area contributed by atoms with E-state index in [4.69, 9.17) is 21.1 Å². The summed E-state index contributed by atoms with van der Waals surface area (Å²) in [7, 11) is 0. The van der Waals surface area contributed by atoms with E-state index >= 15 is 0 Å². The van der Waals surface area contributed by atoms with Gasteiger partial charge in [-0.25, -0.2) is 9.18 Å². The highest BCUT2D eigenvalue weighted by molar-refractivity contribution is 6.31. The number of rotatable bonds is 5. The van der Waals surface area contributed by atoms with Crippen LogP contribution in [0.2, 0.25) is 5.02 Å². The molecule has 0 bridgehead atoms. The van der Waals surface area contributed by atoms with E-state index in [9.17, 15) is 14.0 Å². The first-order valence-corrected chi connectivity index (χ1v) is 11.3. The topological polar surface area (TPSA) is 71.1 Å². The summed E-state index contributed by atoms with van der Waals surface area (Å²) in [6, 6.07) is 2.83. The smallest absolute Gasteiger partial charge is 0.318 e. The average molecular weight is 454 g/mol. The number of carbonyl (C=O) groups is 2. The molecule has 2 saturated heterocycles. The minimum Gasteiger partial charge on any atom is -0.376 e. The molecule has 0 unspecified atom stereocenters. The number of aryl methyl sites for hydroxylation is 1. The Balaban J connectivity index is 1.39. The Labute approximate surface area is 186 Å². The Morgan fingerprint density at radius 3 is 2.77 bits per heavy atom. The standard InChI is InChI=1S/C22H29ClFN3O4/c1-14-9-15(19(24)10-18(14)23)11-25-22(29)27(16-4-5-16)17-3-2-6-26(12-17)21(28)20-13-30-7-8-31-20/h9-10,16-17,20H,2-8,11-13H2,1H3,(H,25,29)/t17-,20+/m1/s1. The molecule has 2 aliphatic heterocycles. The predicted molar refractivity (Wildman–Crippen MR) is 113 cm³/mol. The van der Waals surface area contributed by atoms with Gasteiger partial charge in [0, 0.05) is 36.3 Å². The fraction of sp³-hybridized carbons (Fsp3) is 0.636. The van der Waals surface area contributed by atoms with Gasteiger partial charge < -0.3 is 24.6 Å². The SMILES string of the molecule is Cc1cc(CNC(=O)N(C2CC2)[C@@H]2CCCN(C(=O)[C@@H]3COCCO3)C2)c(F)cc1Cl. The number of nitrogens with one attached hydrogen (secondary N) is 1. The first-order chi connectivity index (χ1) is 14.9. The maximum Gasteiger partial charge on any atom is 0.318 e. The van der Waals surface area contributed by atoms with Crippen molar-refractivity contribution in [1.29, 1.82) is 0 Å². The van der Waals surface area contributed by atoms with E-state index in [0.29, 0.717) is 36.9 Å². The molecule has 3 amide bonds. The summed E-state index contributed by atoms with van der Waals surface area (Å²) in [5.74, 6) is -0.503. The van der Waals surface area contributed by atoms with E-state index < -0.39 is 11.9 Å². The first-order valence-electron chi connectivity index (χ1n) is 10.9. The summed E-state index contributed by atoms with van der Waals surface area (Å²) < 4.78 is 25.1. The minimum absolute atomic E-state index is 0.0634. The molecule has 3 aliphatic rings. The number of benzene rings is 1. The number of likely N-dealkylation sites (tertiary alicyclic amines) is 1. The fourth-order valence-corrected chi connectivity index (χ4v) is 4.46. The van der Waals surface area contributed by atoms with Crippen molar-refractivity contribution in [3.63, 3.8) is 0 Å². The summed E-state index contributed by atoms with van der Waals surface area (Å²) in [5.41, 5.74) is 1.17. The molecule has 1 saturated carbocycles. The Kier molecular flexibility index (Phi) is 6.99.